The number of nitrogens with zero attached hydrogens (tertiary/aromatic N) is 4. The molecule has 0 radical (unpaired) electrons. The van der Waals surface area contributed by atoms with E-state index in [1.165, 1.54) is 25.6 Å². The molecule has 0 saturated carbocycles. The van der Waals surface area contributed by atoms with E-state index in [0.717, 1.165) is 10.7 Å². The zero-order valence-electron chi connectivity index (χ0n) is 14.9. The Labute approximate surface area is 168 Å². The highest BCUT2D eigenvalue weighted by atomic mass is 35.5. The van der Waals surface area contributed by atoms with Gasteiger partial charge in [0.05, 0.1) is 30.1 Å². The summed E-state index contributed by atoms with van der Waals surface area (Å²) in [6, 6.07) is 11.2. The van der Waals surface area contributed by atoms with Gasteiger partial charge >= 0.3 is 5.69 Å². The van der Waals surface area contributed by atoms with Gasteiger partial charge in [0.25, 0.3) is 5.56 Å². The summed E-state index contributed by atoms with van der Waals surface area (Å²) >= 11 is 6.11. The number of rotatable bonds is 6. The molecule has 0 saturated heterocycles. The molecule has 1 heterocycles. The Kier molecular flexibility index (Phi) is 5.74. The van der Waals surface area contributed by atoms with Gasteiger partial charge in [-0.15, -0.1) is 0 Å². The normalized spacial score (nSPS) is 10.8. The predicted molar refractivity (Wildman–Crippen MR) is 107 cm³/mol. The third-order valence-corrected chi connectivity index (χ3v) is 4.18. The van der Waals surface area contributed by atoms with Crippen molar-refractivity contribution in [2.45, 2.75) is 0 Å². The van der Waals surface area contributed by atoms with Crippen LogP contribution < -0.4 is 15.7 Å². The number of aromatic hydroxyl groups is 1. The van der Waals surface area contributed by atoms with Crippen LogP contribution in [0.15, 0.2) is 58.6 Å². The highest BCUT2D eigenvalue weighted by molar-refractivity contribution is 6.32. The minimum absolute atomic E-state index is 0.0780. The zero-order chi connectivity index (χ0) is 21.0. The molecule has 3 aromatic rings. The number of benzene rings is 2. The largest absolute Gasteiger partial charge is 0.500 e. The van der Waals surface area contributed by atoms with Crippen molar-refractivity contribution in [1.82, 2.24) is 9.78 Å². The van der Waals surface area contributed by atoms with Gasteiger partial charge in [0.15, 0.2) is 5.75 Å². The second-order valence-electron chi connectivity index (χ2n) is 5.64. The summed E-state index contributed by atoms with van der Waals surface area (Å²) in [6.07, 6.45) is 2.57. The molecular formula is C18H14ClN5O5. The summed E-state index contributed by atoms with van der Waals surface area (Å²) in [5.74, 6) is -0.662. The molecule has 3 rings (SSSR count). The number of aromatic nitrogens is 2. The van der Waals surface area contributed by atoms with Crippen molar-refractivity contribution in [3.8, 4) is 17.2 Å². The summed E-state index contributed by atoms with van der Waals surface area (Å²) in [5.41, 5.74) is 2.48. The molecule has 2 N–H and O–H groups in total. The molecule has 2 aromatic carbocycles. The first-order valence-electron chi connectivity index (χ1n) is 8.10. The molecule has 0 aliphatic heterocycles. The molecule has 1 aromatic heterocycles. The Morgan fingerprint density at radius 1 is 1.34 bits per heavy atom. The lowest BCUT2D eigenvalue weighted by Crippen LogP contribution is -2.22. The fourth-order valence-electron chi connectivity index (χ4n) is 2.42. The Hall–Kier alpha value is -3.92. The van der Waals surface area contributed by atoms with E-state index in [9.17, 15) is 20.0 Å². The monoisotopic (exact) mass is 415 g/mol. The van der Waals surface area contributed by atoms with Gasteiger partial charge in [-0.3, -0.25) is 20.3 Å². The number of phenols is 1. The molecule has 148 valence electrons. The maximum Gasteiger partial charge on any atom is 0.315 e. The van der Waals surface area contributed by atoms with E-state index < -0.39 is 21.9 Å². The van der Waals surface area contributed by atoms with Gasteiger partial charge in [0.1, 0.15) is 10.7 Å². The van der Waals surface area contributed by atoms with E-state index >= 15 is 0 Å². The van der Waals surface area contributed by atoms with Crippen LogP contribution in [-0.4, -0.2) is 33.1 Å². The van der Waals surface area contributed by atoms with Crippen LogP contribution in [0, 0.1) is 10.1 Å². The number of nitrogens with one attached hydrogen (secondary N) is 1. The molecule has 0 unspecified atom stereocenters. The molecule has 0 atom stereocenters. The summed E-state index contributed by atoms with van der Waals surface area (Å²) in [6.45, 7) is 0. The quantitative estimate of drug-likeness (QED) is 0.359. The van der Waals surface area contributed by atoms with Crippen molar-refractivity contribution in [2.24, 2.45) is 5.10 Å². The summed E-state index contributed by atoms with van der Waals surface area (Å²) < 4.78 is 6.06. The first kappa shape index (κ1) is 19.8. The van der Waals surface area contributed by atoms with Crippen molar-refractivity contribution in [2.75, 3.05) is 12.5 Å². The van der Waals surface area contributed by atoms with Gasteiger partial charge in [0, 0.05) is 11.6 Å². The number of para-hydroxylation sites is 1. The average Bonchev–Trinajstić information content (AvgIpc) is 2.72. The van der Waals surface area contributed by atoms with Gasteiger partial charge < -0.3 is 9.84 Å². The SMILES string of the molecule is COc1cc(/C=N\Nc2cnn(-c3ccccc3)c(=O)c2Cl)cc([N+](=O)[O-])c1O. The number of hydrogen-bond donors (Lipinski definition) is 2. The standard InChI is InChI=1S/C18H14ClN5O5/c1-29-15-8-11(7-14(17(15)25)24(27)28)9-20-22-13-10-21-23(18(26)16(13)19)12-5-3-2-4-6-12/h2-10,22,25H,1H3/b20-9-. The van der Waals surface area contributed by atoms with Crippen molar-refractivity contribution in [1.29, 1.82) is 0 Å². The van der Waals surface area contributed by atoms with Crippen LogP contribution in [0.1, 0.15) is 5.56 Å². The molecule has 0 amide bonds. The van der Waals surface area contributed by atoms with E-state index in [4.69, 9.17) is 16.3 Å². The van der Waals surface area contributed by atoms with E-state index in [2.05, 4.69) is 15.6 Å². The zero-order valence-corrected chi connectivity index (χ0v) is 15.7. The lowest BCUT2D eigenvalue weighted by molar-refractivity contribution is -0.386. The lowest BCUT2D eigenvalue weighted by Gasteiger charge is -2.08. The number of nitro groups is 1. The summed E-state index contributed by atoms with van der Waals surface area (Å²) in [4.78, 5) is 22.7. The number of hydrazone groups is 1. The minimum atomic E-state index is -0.743. The number of halogens is 1. The molecule has 10 nitrogen and oxygen atoms in total. The Morgan fingerprint density at radius 2 is 2.07 bits per heavy atom. The highest BCUT2D eigenvalue weighted by Crippen LogP contribution is 2.36. The van der Waals surface area contributed by atoms with Crippen LogP contribution in [0.5, 0.6) is 11.5 Å². The number of anilines is 1. The van der Waals surface area contributed by atoms with Crippen LogP contribution in [0.2, 0.25) is 5.02 Å². The van der Waals surface area contributed by atoms with Gasteiger partial charge in [-0.25, -0.2) is 0 Å². The summed E-state index contributed by atoms with van der Waals surface area (Å²) in [5, 5.41) is 28.7. The van der Waals surface area contributed by atoms with Crippen LogP contribution in [-0.2, 0) is 0 Å². The third kappa shape index (κ3) is 4.17. The van der Waals surface area contributed by atoms with Crippen molar-refractivity contribution < 1.29 is 14.8 Å². The Morgan fingerprint density at radius 3 is 2.72 bits per heavy atom. The van der Waals surface area contributed by atoms with Crippen molar-refractivity contribution in [3.05, 3.63) is 79.7 Å². The average molecular weight is 416 g/mol. The van der Waals surface area contributed by atoms with Gasteiger partial charge in [-0.05, 0) is 18.2 Å². The fraction of sp³-hybridized carbons (Fsp3) is 0.0556. The second kappa shape index (κ2) is 8.40. The topological polar surface area (TPSA) is 132 Å². The van der Waals surface area contributed by atoms with Gasteiger partial charge in [-0.1, -0.05) is 29.8 Å². The first-order chi connectivity index (χ1) is 13.9. The molecular weight excluding hydrogens is 402 g/mol. The van der Waals surface area contributed by atoms with Gasteiger partial charge in [-0.2, -0.15) is 14.9 Å². The smallest absolute Gasteiger partial charge is 0.315 e. The number of ether oxygens (including phenoxy) is 1. The van der Waals surface area contributed by atoms with Crippen molar-refractivity contribution in [3.63, 3.8) is 0 Å². The van der Waals surface area contributed by atoms with E-state index in [0.29, 0.717) is 5.69 Å². The Balaban J connectivity index is 1.86. The predicted octanol–water partition coefficient (Wildman–Crippen LogP) is 2.95. The van der Waals surface area contributed by atoms with Gasteiger partial charge in [0.2, 0.25) is 5.75 Å². The second-order valence-corrected chi connectivity index (χ2v) is 6.02. The summed E-state index contributed by atoms with van der Waals surface area (Å²) in [7, 11) is 1.27. The van der Waals surface area contributed by atoms with E-state index in [-0.39, 0.29) is 22.0 Å². The molecule has 0 spiro atoms. The van der Waals surface area contributed by atoms with Crippen LogP contribution in [0.4, 0.5) is 11.4 Å². The maximum absolute atomic E-state index is 12.4. The number of methoxy groups -OCH3 is 1. The number of hydrogen-bond acceptors (Lipinski definition) is 8. The molecule has 0 aliphatic rings. The molecule has 0 bridgehead atoms. The van der Waals surface area contributed by atoms with Crippen LogP contribution >= 0.6 is 11.6 Å². The Bertz CT molecular complexity index is 1150. The van der Waals surface area contributed by atoms with Crippen LogP contribution in [0.25, 0.3) is 5.69 Å². The van der Waals surface area contributed by atoms with Crippen molar-refractivity contribution >= 4 is 29.2 Å². The number of phenolic OH excluding ortho intramolecular Hbond substituents is 1. The molecule has 29 heavy (non-hydrogen) atoms. The minimum Gasteiger partial charge on any atom is -0.500 e. The maximum atomic E-state index is 12.4. The van der Waals surface area contributed by atoms with Crippen LogP contribution in [0.3, 0.4) is 0 Å². The first-order valence-corrected chi connectivity index (χ1v) is 8.48. The molecule has 0 fully saturated rings. The highest BCUT2D eigenvalue weighted by Gasteiger charge is 2.19. The molecule has 11 heteroatoms. The molecule has 0 aliphatic carbocycles. The fourth-order valence-corrected chi connectivity index (χ4v) is 2.59. The lowest BCUT2D eigenvalue weighted by atomic mass is 10.2. The van der Waals surface area contributed by atoms with E-state index in [1.54, 1.807) is 24.3 Å². The number of nitro benzene ring substituents is 1. The third-order valence-electron chi connectivity index (χ3n) is 3.81. The van der Waals surface area contributed by atoms with E-state index in [1.807, 2.05) is 6.07 Å².